The van der Waals surface area contributed by atoms with Crippen LogP contribution in [0.2, 0.25) is 0 Å². The lowest BCUT2D eigenvalue weighted by Crippen LogP contribution is -2.31. The average Bonchev–Trinajstić information content (AvgIpc) is 3.09. The van der Waals surface area contributed by atoms with Crippen LogP contribution in [0.4, 0.5) is 0 Å². The summed E-state index contributed by atoms with van der Waals surface area (Å²) in [5.41, 5.74) is 2.28. The molecule has 1 heterocycles. The molecule has 0 unspecified atom stereocenters. The number of hydrogen-bond acceptors (Lipinski definition) is 6. The van der Waals surface area contributed by atoms with Gasteiger partial charge in [0.15, 0.2) is 5.82 Å². The molecule has 0 radical (unpaired) electrons. The van der Waals surface area contributed by atoms with Crippen molar-refractivity contribution in [3.63, 3.8) is 0 Å². The first kappa shape index (κ1) is 22.5. The molecule has 7 nitrogen and oxygen atoms in total. The van der Waals surface area contributed by atoms with Crippen LogP contribution in [0.15, 0.2) is 23.4 Å². The van der Waals surface area contributed by atoms with Gasteiger partial charge in [-0.1, -0.05) is 57.0 Å². The van der Waals surface area contributed by atoms with E-state index in [9.17, 15) is 4.79 Å². The van der Waals surface area contributed by atoms with E-state index in [1.807, 2.05) is 13.0 Å². The predicted molar refractivity (Wildman–Crippen MR) is 120 cm³/mol. The molecule has 0 spiro atoms. The second kappa shape index (κ2) is 10.7. The van der Waals surface area contributed by atoms with Crippen LogP contribution in [0.5, 0.6) is 5.75 Å². The third kappa shape index (κ3) is 6.14. The fraction of sp³-hybridized carbons (Fsp3) is 0.591. The highest BCUT2D eigenvalue weighted by atomic mass is 32.2. The molecule has 1 amide bonds. The Morgan fingerprint density at radius 2 is 2.07 bits per heavy atom. The third-order valence-corrected chi connectivity index (χ3v) is 6.47. The molecule has 1 aromatic heterocycles. The first-order chi connectivity index (χ1) is 14.4. The van der Waals surface area contributed by atoms with Crippen LogP contribution in [0.3, 0.4) is 0 Å². The molecule has 2 aromatic rings. The highest BCUT2D eigenvalue weighted by Gasteiger charge is 2.17. The third-order valence-electron chi connectivity index (χ3n) is 5.53. The monoisotopic (exact) mass is 431 g/mol. The van der Waals surface area contributed by atoms with Gasteiger partial charge in [0.25, 0.3) is 0 Å². The lowest BCUT2D eigenvalue weighted by atomic mass is 9.89. The molecule has 3 rings (SSSR count). The molecular formula is C22H33N5O2S. The first-order valence-corrected chi connectivity index (χ1v) is 11.7. The van der Waals surface area contributed by atoms with Crippen molar-refractivity contribution in [1.29, 1.82) is 0 Å². The molecule has 30 heavy (non-hydrogen) atoms. The fourth-order valence-corrected chi connectivity index (χ4v) is 4.43. The largest absolute Gasteiger partial charge is 0.485 e. The second-order valence-corrected chi connectivity index (χ2v) is 9.29. The molecule has 1 aliphatic rings. The zero-order valence-corrected chi connectivity index (χ0v) is 19.0. The highest BCUT2D eigenvalue weighted by Crippen LogP contribution is 2.28. The van der Waals surface area contributed by atoms with Crippen molar-refractivity contribution in [2.75, 3.05) is 18.1 Å². The molecule has 0 bridgehead atoms. The van der Waals surface area contributed by atoms with Gasteiger partial charge < -0.3 is 15.9 Å². The summed E-state index contributed by atoms with van der Waals surface area (Å²) in [6.45, 7) is 7.30. The van der Waals surface area contributed by atoms with Gasteiger partial charge in [-0.3, -0.25) is 4.79 Å². The van der Waals surface area contributed by atoms with E-state index in [2.05, 4.69) is 41.5 Å². The molecule has 1 fully saturated rings. The molecular weight excluding hydrogens is 398 g/mol. The number of aromatic nitrogens is 3. The van der Waals surface area contributed by atoms with Crippen LogP contribution in [0.1, 0.15) is 68.8 Å². The molecule has 3 N–H and O–H groups in total. The van der Waals surface area contributed by atoms with Gasteiger partial charge in [0.1, 0.15) is 12.4 Å². The summed E-state index contributed by atoms with van der Waals surface area (Å²) in [7, 11) is 0. The summed E-state index contributed by atoms with van der Waals surface area (Å²) in [5.74, 6) is 8.75. The minimum Gasteiger partial charge on any atom is -0.485 e. The second-order valence-electron chi connectivity index (χ2n) is 8.35. The van der Waals surface area contributed by atoms with Gasteiger partial charge in [0, 0.05) is 6.54 Å². The number of aryl methyl sites for hydroxylation is 1. The Kier molecular flexibility index (Phi) is 8.01. The van der Waals surface area contributed by atoms with E-state index in [-0.39, 0.29) is 18.3 Å². The van der Waals surface area contributed by atoms with Crippen molar-refractivity contribution in [3.8, 4) is 5.75 Å². The number of carbonyl (C=O) groups is 1. The Labute approximate surface area is 183 Å². The number of hydrogen-bond donors (Lipinski definition) is 2. The zero-order chi connectivity index (χ0) is 21.5. The summed E-state index contributed by atoms with van der Waals surface area (Å²) in [5, 5.41) is 11.8. The Morgan fingerprint density at radius 3 is 2.80 bits per heavy atom. The van der Waals surface area contributed by atoms with Crippen molar-refractivity contribution in [3.05, 3.63) is 35.2 Å². The van der Waals surface area contributed by atoms with Gasteiger partial charge in [-0.2, -0.15) is 0 Å². The van der Waals surface area contributed by atoms with Crippen molar-refractivity contribution in [1.82, 2.24) is 20.2 Å². The van der Waals surface area contributed by atoms with E-state index in [1.165, 1.54) is 48.5 Å². The molecule has 0 atom stereocenters. The maximum atomic E-state index is 12.2. The van der Waals surface area contributed by atoms with Crippen LogP contribution < -0.4 is 15.9 Å². The molecule has 1 saturated carbocycles. The van der Waals surface area contributed by atoms with Gasteiger partial charge >= 0.3 is 0 Å². The number of ether oxygens (including phenoxy) is 1. The number of nitrogens with one attached hydrogen (secondary N) is 1. The van der Waals surface area contributed by atoms with Crippen LogP contribution in [0, 0.1) is 12.8 Å². The van der Waals surface area contributed by atoms with E-state index >= 15 is 0 Å². The number of nitrogens with two attached hydrogens (primary N) is 1. The molecule has 1 aromatic carbocycles. The predicted octanol–water partition coefficient (Wildman–Crippen LogP) is 3.79. The number of benzene rings is 1. The van der Waals surface area contributed by atoms with Crippen LogP contribution >= 0.6 is 11.8 Å². The summed E-state index contributed by atoms with van der Waals surface area (Å²) in [4.78, 5) is 12.2. The maximum Gasteiger partial charge on any atom is 0.230 e. The Hall–Kier alpha value is -2.22. The summed E-state index contributed by atoms with van der Waals surface area (Å²) >= 11 is 1.29. The number of nitrogen functional groups attached to an aromatic ring is 1. The van der Waals surface area contributed by atoms with E-state index in [1.54, 1.807) is 0 Å². The standard InChI is InChI=1S/C22H33N5O2S/c1-15(2)18-10-9-16(3)11-19(18)29-13-20-25-26-22(27(20)23)30-14-21(28)24-12-17-7-5-4-6-8-17/h9-11,15,17H,4-8,12-14,23H2,1-3H3,(H,24,28). The first-order valence-electron chi connectivity index (χ1n) is 10.8. The SMILES string of the molecule is Cc1ccc(C(C)C)c(OCc2nnc(SCC(=O)NCC3CCCCC3)n2N)c1. The van der Waals surface area contributed by atoms with Gasteiger partial charge in [-0.05, 0) is 48.8 Å². The summed E-state index contributed by atoms with van der Waals surface area (Å²) < 4.78 is 7.41. The van der Waals surface area contributed by atoms with Crippen LogP contribution in [0.25, 0.3) is 0 Å². The van der Waals surface area contributed by atoms with Gasteiger partial charge in [0.2, 0.25) is 11.1 Å². The van der Waals surface area contributed by atoms with Crippen LogP contribution in [-0.4, -0.2) is 33.1 Å². The van der Waals surface area contributed by atoms with Gasteiger partial charge in [-0.15, -0.1) is 10.2 Å². The van der Waals surface area contributed by atoms with Crippen molar-refractivity contribution in [2.24, 2.45) is 5.92 Å². The molecule has 164 valence electrons. The molecule has 0 saturated heterocycles. The number of nitrogens with zero attached hydrogens (tertiary/aromatic N) is 3. The number of carbonyl (C=O) groups excluding carboxylic acids is 1. The quantitative estimate of drug-likeness (QED) is 0.463. The van der Waals surface area contributed by atoms with Crippen molar-refractivity contribution >= 4 is 17.7 Å². The highest BCUT2D eigenvalue weighted by molar-refractivity contribution is 7.99. The minimum absolute atomic E-state index is 0.00714. The Bertz CT molecular complexity index is 846. The van der Waals surface area contributed by atoms with Crippen LogP contribution in [-0.2, 0) is 11.4 Å². The normalized spacial score (nSPS) is 14.8. The fourth-order valence-electron chi connectivity index (χ4n) is 3.72. The Balaban J connectivity index is 1.50. The number of thioether (sulfide) groups is 1. The number of rotatable bonds is 9. The van der Waals surface area contributed by atoms with Gasteiger partial charge in [-0.25, -0.2) is 4.68 Å². The minimum atomic E-state index is 0.00714. The summed E-state index contributed by atoms with van der Waals surface area (Å²) in [6.07, 6.45) is 6.30. The number of amides is 1. The van der Waals surface area contributed by atoms with Crippen molar-refractivity contribution in [2.45, 2.75) is 70.6 Å². The maximum absolute atomic E-state index is 12.2. The zero-order valence-electron chi connectivity index (χ0n) is 18.2. The molecule has 8 heteroatoms. The molecule has 0 aliphatic heterocycles. The topological polar surface area (TPSA) is 95.1 Å². The van der Waals surface area contributed by atoms with E-state index in [4.69, 9.17) is 10.6 Å². The van der Waals surface area contributed by atoms with E-state index < -0.39 is 0 Å². The summed E-state index contributed by atoms with van der Waals surface area (Å²) in [6, 6.07) is 6.20. The van der Waals surface area contributed by atoms with E-state index in [0.717, 1.165) is 23.4 Å². The lowest BCUT2D eigenvalue weighted by molar-refractivity contribution is -0.118. The lowest BCUT2D eigenvalue weighted by Gasteiger charge is -2.21. The van der Waals surface area contributed by atoms with E-state index in [0.29, 0.717) is 22.8 Å². The smallest absolute Gasteiger partial charge is 0.230 e. The molecule has 1 aliphatic carbocycles. The van der Waals surface area contributed by atoms with Gasteiger partial charge in [0.05, 0.1) is 5.75 Å². The van der Waals surface area contributed by atoms with Crippen molar-refractivity contribution < 1.29 is 9.53 Å². The average molecular weight is 432 g/mol. The Morgan fingerprint density at radius 1 is 1.30 bits per heavy atom.